The highest BCUT2D eigenvalue weighted by Crippen LogP contribution is 2.49. The molecule has 0 aliphatic carbocycles. The molecule has 1 aromatic heterocycles. The van der Waals surface area contributed by atoms with Crippen molar-refractivity contribution in [3.05, 3.63) is 81.2 Å². The molecule has 11 heteroatoms. The molecule has 1 aliphatic heterocycles. The Morgan fingerprint density at radius 1 is 0.977 bits per heavy atom. The lowest BCUT2D eigenvalue weighted by Gasteiger charge is -2.31. The highest BCUT2D eigenvalue weighted by molar-refractivity contribution is 6.02. The Labute approximate surface area is 251 Å². The van der Waals surface area contributed by atoms with Gasteiger partial charge in [0.05, 0.1) is 18.2 Å². The zero-order valence-corrected chi connectivity index (χ0v) is 24.6. The average molecular weight is 605 g/mol. The second kappa shape index (κ2) is 12.0. The summed E-state index contributed by atoms with van der Waals surface area (Å²) in [6.07, 6.45) is 6.31. The van der Waals surface area contributed by atoms with Crippen LogP contribution in [0.3, 0.4) is 0 Å². The van der Waals surface area contributed by atoms with E-state index in [9.17, 15) is 19.8 Å². The van der Waals surface area contributed by atoms with Crippen molar-refractivity contribution in [1.82, 2.24) is 0 Å². The Kier molecular flexibility index (Phi) is 8.52. The van der Waals surface area contributed by atoms with Gasteiger partial charge in [-0.05, 0) is 76.1 Å². The molecule has 0 saturated carbocycles. The number of rotatable bonds is 5. The molecule has 0 spiro atoms. The van der Waals surface area contributed by atoms with Gasteiger partial charge in [-0.15, -0.1) is 0 Å². The number of carboxylic acids is 1. The van der Waals surface area contributed by atoms with Crippen LogP contribution in [0.2, 0.25) is 0 Å². The van der Waals surface area contributed by atoms with E-state index in [1.807, 2.05) is 39.8 Å². The Balaban J connectivity index is 0.000000309. The Morgan fingerprint density at radius 3 is 2.14 bits per heavy atom. The smallest absolute Gasteiger partial charge is 0.348 e. The standard InChI is InChI=1S/C26H26O6.C7H6O5/c1-14(2)6-11-17-22-18(12-13-26(3,4)32-22)24-20(23(17)30-5)21(28)19(25(29)31-24)15-7-9-16(27)10-8-15;8-4-1-3(7(11)12)2-5(9)6(4)10/h6-10,12-13,27-28H,11H2,1-5H3;1-2,8-10H,(H,11,12). The number of aromatic carboxylic acids is 1. The molecule has 230 valence electrons. The molecule has 1 aliphatic rings. The van der Waals surface area contributed by atoms with Crippen LogP contribution in [0.5, 0.6) is 40.2 Å². The van der Waals surface area contributed by atoms with Crippen LogP contribution in [0.15, 0.2) is 63.3 Å². The van der Waals surface area contributed by atoms with Crippen LogP contribution in [0, 0.1) is 0 Å². The molecule has 0 unspecified atom stereocenters. The van der Waals surface area contributed by atoms with Gasteiger partial charge >= 0.3 is 11.6 Å². The van der Waals surface area contributed by atoms with E-state index in [1.165, 1.54) is 19.2 Å². The van der Waals surface area contributed by atoms with Crippen LogP contribution in [0.4, 0.5) is 0 Å². The number of hydrogen-bond donors (Lipinski definition) is 6. The summed E-state index contributed by atoms with van der Waals surface area (Å²) in [5.74, 6) is -2.56. The lowest BCUT2D eigenvalue weighted by Crippen LogP contribution is -2.28. The molecule has 3 aromatic carbocycles. The number of carbonyl (C=O) groups is 1. The highest BCUT2D eigenvalue weighted by Gasteiger charge is 2.32. The van der Waals surface area contributed by atoms with Gasteiger partial charge in [-0.2, -0.15) is 0 Å². The second-order valence-corrected chi connectivity index (χ2v) is 10.8. The number of methoxy groups -OCH3 is 1. The molecule has 11 nitrogen and oxygen atoms in total. The minimum absolute atomic E-state index is 0.00458. The molecule has 0 radical (unpaired) electrons. The molecule has 0 amide bonds. The van der Waals surface area contributed by atoms with E-state index in [0.717, 1.165) is 23.3 Å². The highest BCUT2D eigenvalue weighted by atomic mass is 16.5. The Morgan fingerprint density at radius 2 is 1.59 bits per heavy atom. The van der Waals surface area contributed by atoms with Gasteiger partial charge in [0.15, 0.2) is 22.8 Å². The molecule has 0 bridgehead atoms. The maximum Gasteiger partial charge on any atom is 0.348 e. The van der Waals surface area contributed by atoms with Crippen LogP contribution in [0.25, 0.3) is 28.2 Å². The van der Waals surface area contributed by atoms with Gasteiger partial charge in [0.2, 0.25) is 0 Å². The third-order valence-corrected chi connectivity index (χ3v) is 6.77. The summed E-state index contributed by atoms with van der Waals surface area (Å²) in [4.78, 5) is 23.3. The largest absolute Gasteiger partial charge is 0.508 e. The van der Waals surface area contributed by atoms with Crippen molar-refractivity contribution in [1.29, 1.82) is 0 Å². The normalized spacial score (nSPS) is 12.8. The minimum atomic E-state index is -1.29. The van der Waals surface area contributed by atoms with Crippen molar-refractivity contribution in [2.24, 2.45) is 0 Å². The molecule has 0 fully saturated rings. The monoisotopic (exact) mass is 604 g/mol. The first-order valence-electron chi connectivity index (χ1n) is 13.4. The van der Waals surface area contributed by atoms with Crippen molar-refractivity contribution >= 4 is 23.0 Å². The third kappa shape index (κ3) is 6.12. The average Bonchev–Trinajstić information content (AvgIpc) is 2.94. The molecule has 6 N–H and O–H groups in total. The fourth-order valence-electron chi connectivity index (χ4n) is 4.62. The number of phenols is 4. The van der Waals surface area contributed by atoms with Crippen LogP contribution in [-0.2, 0) is 6.42 Å². The summed E-state index contributed by atoms with van der Waals surface area (Å²) >= 11 is 0. The third-order valence-electron chi connectivity index (χ3n) is 6.77. The molecule has 2 heterocycles. The first-order valence-corrected chi connectivity index (χ1v) is 13.4. The zero-order valence-electron chi connectivity index (χ0n) is 24.6. The number of phenolic OH excluding ortho intramolecular Hbond substituents is 4. The molecular weight excluding hydrogens is 572 g/mol. The second-order valence-electron chi connectivity index (χ2n) is 10.8. The van der Waals surface area contributed by atoms with Gasteiger partial charge in [0.1, 0.15) is 39.5 Å². The van der Waals surface area contributed by atoms with Gasteiger partial charge < -0.3 is 44.5 Å². The summed E-state index contributed by atoms with van der Waals surface area (Å²) in [6.45, 7) is 7.89. The van der Waals surface area contributed by atoms with E-state index in [2.05, 4.69) is 6.08 Å². The van der Waals surface area contributed by atoms with Crippen molar-refractivity contribution in [3.63, 3.8) is 0 Å². The van der Waals surface area contributed by atoms with Crippen molar-refractivity contribution < 1.29 is 49.3 Å². The summed E-state index contributed by atoms with van der Waals surface area (Å²) in [5, 5.41) is 56.1. The Hall–Kier alpha value is -5.58. The fraction of sp³-hybridized carbons (Fsp3) is 0.212. The summed E-state index contributed by atoms with van der Waals surface area (Å²) in [5.41, 5.74) is 1.56. The number of benzene rings is 3. The van der Waals surface area contributed by atoms with Gasteiger partial charge in [-0.3, -0.25) is 0 Å². The van der Waals surface area contributed by atoms with Gasteiger partial charge in [0.25, 0.3) is 0 Å². The van der Waals surface area contributed by atoms with E-state index in [-0.39, 0.29) is 28.2 Å². The maximum absolute atomic E-state index is 12.9. The van der Waals surface area contributed by atoms with Crippen LogP contribution in [0.1, 0.15) is 49.2 Å². The quantitative estimate of drug-likeness (QED) is 0.0881. The molecule has 4 aromatic rings. The molecule has 44 heavy (non-hydrogen) atoms. The van der Waals surface area contributed by atoms with Crippen molar-refractivity contribution in [2.75, 3.05) is 7.11 Å². The number of ether oxygens (including phenoxy) is 2. The fourth-order valence-corrected chi connectivity index (χ4v) is 4.62. The number of hydrogen-bond acceptors (Lipinski definition) is 10. The minimum Gasteiger partial charge on any atom is -0.508 e. The number of fused-ring (bicyclic) bond motifs is 3. The summed E-state index contributed by atoms with van der Waals surface area (Å²) in [7, 11) is 1.52. The molecule has 0 saturated heterocycles. The van der Waals surface area contributed by atoms with E-state index >= 15 is 0 Å². The SMILES string of the molecule is COc1c(CC=C(C)C)c2c(c3oc(=O)c(-c4ccc(O)cc4)c(O)c13)C=CC(C)(C)O2.O=C(O)c1cc(O)c(O)c(O)c1. The molecule has 0 atom stereocenters. The van der Waals surface area contributed by atoms with Crippen LogP contribution < -0.4 is 15.1 Å². The van der Waals surface area contributed by atoms with Crippen LogP contribution in [-0.4, -0.2) is 49.3 Å². The van der Waals surface area contributed by atoms with E-state index < -0.39 is 34.4 Å². The van der Waals surface area contributed by atoms with E-state index in [0.29, 0.717) is 34.4 Å². The van der Waals surface area contributed by atoms with Crippen LogP contribution >= 0.6 is 0 Å². The number of aromatic hydroxyl groups is 5. The van der Waals surface area contributed by atoms with Gasteiger partial charge in [-0.1, -0.05) is 23.8 Å². The summed E-state index contributed by atoms with van der Waals surface area (Å²) < 4.78 is 17.8. The van der Waals surface area contributed by atoms with E-state index in [4.69, 9.17) is 34.3 Å². The zero-order chi connectivity index (χ0) is 32.5. The van der Waals surface area contributed by atoms with Crippen molar-refractivity contribution in [2.45, 2.75) is 39.7 Å². The van der Waals surface area contributed by atoms with Crippen molar-refractivity contribution in [3.8, 4) is 51.4 Å². The Bertz CT molecular complexity index is 1850. The lowest BCUT2D eigenvalue weighted by atomic mass is 9.93. The topological polar surface area (TPSA) is 187 Å². The predicted octanol–water partition coefficient (Wildman–Crippen LogP) is 6.07. The number of allylic oxidation sites excluding steroid dienone is 2. The predicted molar refractivity (Wildman–Crippen MR) is 163 cm³/mol. The van der Waals surface area contributed by atoms with Gasteiger partial charge in [-0.25, -0.2) is 9.59 Å². The first kappa shape index (κ1) is 31.4. The maximum atomic E-state index is 12.9. The van der Waals surface area contributed by atoms with Gasteiger partial charge in [0, 0.05) is 5.56 Å². The molecular formula is C33H32O11. The lowest BCUT2D eigenvalue weighted by molar-refractivity contribution is 0.0695. The first-order chi connectivity index (χ1) is 20.6. The molecule has 5 rings (SSSR count). The summed E-state index contributed by atoms with van der Waals surface area (Å²) in [6, 6.07) is 7.68. The van der Waals surface area contributed by atoms with E-state index in [1.54, 1.807) is 12.1 Å². The number of carboxylic acid groups (broad SMARTS) is 1.